The zero-order chi connectivity index (χ0) is 18.5. The molecular weight excluding hydrogens is 464 g/mol. The van der Waals surface area contributed by atoms with Gasteiger partial charge in [0.2, 0.25) is 0 Å². The number of hydrogen-bond acceptors (Lipinski definition) is 4. The van der Waals surface area contributed by atoms with Gasteiger partial charge in [0, 0.05) is 18.6 Å². The van der Waals surface area contributed by atoms with Crippen LogP contribution < -0.4 is 15.8 Å². The highest BCUT2D eigenvalue weighted by Gasteiger charge is 2.32. The second-order valence-electron chi connectivity index (χ2n) is 6.28. The van der Waals surface area contributed by atoms with Crippen LogP contribution in [0.5, 0.6) is 5.75 Å². The number of morpholine rings is 1. The van der Waals surface area contributed by atoms with Gasteiger partial charge in [-0.25, -0.2) is 0 Å². The monoisotopic (exact) mass is 488 g/mol. The summed E-state index contributed by atoms with van der Waals surface area (Å²) in [5, 5.41) is 2.67. The van der Waals surface area contributed by atoms with Gasteiger partial charge in [-0.05, 0) is 26.0 Å². The minimum absolute atomic E-state index is 0. The van der Waals surface area contributed by atoms with Crippen molar-refractivity contribution in [3.8, 4) is 5.75 Å². The first kappa shape index (κ1) is 22.8. The Kier molecular flexibility index (Phi) is 8.41. The molecule has 0 atom stereocenters. The van der Waals surface area contributed by atoms with E-state index in [4.69, 9.17) is 10.5 Å². The topological polar surface area (TPSA) is 72.1 Å². The molecule has 26 heavy (non-hydrogen) atoms. The molecule has 0 amide bonds. The summed E-state index contributed by atoms with van der Waals surface area (Å²) in [6.45, 7) is 7.42. The fraction of sp³-hybridized carbons (Fsp3) is 0.562. The summed E-state index contributed by atoms with van der Waals surface area (Å²) < 4.78 is 46.6. The summed E-state index contributed by atoms with van der Waals surface area (Å²) in [6, 6.07) is 5.68. The molecule has 0 unspecified atom stereocenters. The van der Waals surface area contributed by atoms with Gasteiger partial charge in [-0.2, -0.15) is 0 Å². The van der Waals surface area contributed by atoms with Gasteiger partial charge < -0.3 is 20.5 Å². The van der Waals surface area contributed by atoms with Crippen molar-refractivity contribution >= 4 is 35.6 Å². The summed E-state index contributed by atoms with van der Waals surface area (Å²) in [7, 11) is 0. The molecule has 0 bridgehead atoms. The number of anilines is 1. The number of hydrogen-bond donors (Lipinski definition) is 2. The maximum atomic E-state index is 12.4. The fourth-order valence-electron chi connectivity index (χ4n) is 2.51. The summed E-state index contributed by atoms with van der Waals surface area (Å²) in [5.41, 5.74) is 5.70. The molecule has 0 spiro atoms. The highest BCUT2D eigenvalue weighted by Crippen LogP contribution is 2.29. The fourth-order valence-corrected chi connectivity index (χ4v) is 2.51. The van der Waals surface area contributed by atoms with E-state index in [0.29, 0.717) is 19.8 Å². The number of guanidine groups is 1. The van der Waals surface area contributed by atoms with E-state index in [1.807, 2.05) is 13.8 Å². The van der Waals surface area contributed by atoms with Crippen LogP contribution in [0.3, 0.4) is 0 Å². The highest BCUT2D eigenvalue weighted by atomic mass is 127. The van der Waals surface area contributed by atoms with Crippen molar-refractivity contribution in [3.63, 3.8) is 0 Å². The number of nitrogens with one attached hydrogen (secondary N) is 1. The lowest BCUT2D eigenvalue weighted by Gasteiger charge is -2.39. The third-order valence-electron chi connectivity index (χ3n) is 3.88. The molecule has 1 aromatic rings. The normalized spacial score (nSPS) is 16.7. The van der Waals surface area contributed by atoms with Crippen LogP contribution in [-0.4, -0.2) is 55.6 Å². The Morgan fingerprint density at radius 3 is 2.50 bits per heavy atom. The van der Waals surface area contributed by atoms with Crippen molar-refractivity contribution in [2.75, 3.05) is 38.2 Å². The lowest BCUT2D eigenvalue weighted by molar-refractivity contribution is -0.274. The minimum atomic E-state index is -4.78. The smallest absolute Gasteiger partial charge is 0.404 e. The molecule has 3 N–H and O–H groups in total. The number of ether oxygens (including phenoxy) is 2. The third kappa shape index (κ3) is 7.16. The Morgan fingerprint density at radius 1 is 1.27 bits per heavy atom. The maximum Gasteiger partial charge on any atom is 0.573 e. The molecule has 1 aliphatic rings. The summed E-state index contributed by atoms with van der Waals surface area (Å²) in [6.07, 6.45) is -4.78. The molecule has 1 fully saturated rings. The summed E-state index contributed by atoms with van der Waals surface area (Å²) >= 11 is 0. The van der Waals surface area contributed by atoms with Crippen LogP contribution in [0.15, 0.2) is 29.3 Å². The number of halogens is 4. The van der Waals surface area contributed by atoms with Crippen LogP contribution in [0.2, 0.25) is 0 Å². The molecule has 2 rings (SSSR count). The second-order valence-corrected chi connectivity index (χ2v) is 6.28. The Balaban J connectivity index is 0.00000338. The maximum absolute atomic E-state index is 12.4. The van der Waals surface area contributed by atoms with Crippen molar-refractivity contribution in [1.29, 1.82) is 0 Å². The Labute approximate surface area is 167 Å². The molecule has 6 nitrogen and oxygen atoms in total. The molecule has 10 heteroatoms. The second kappa shape index (κ2) is 9.60. The molecule has 1 heterocycles. The van der Waals surface area contributed by atoms with Crippen LogP contribution in [0.25, 0.3) is 0 Å². The van der Waals surface area contributed by atoms with Crippen molar-refractivity contribution in [3.05, 3.63) is 24.3 Å². The predicted octanol–water partition coefficient (Wildman–Crippen LogP) is 3.04. The zero-order valence-electron chi connectivity index (χ0n) is 14.7. The zero-order valence-corrected chi connectivity index (χ0v) is 17.0. The number of benzene rings is 1. The molecule has 1 aromatic carbocycles. The molecule has 0 radical (unpaired) electrons. The van der Waals surface area contributed by atoms with Crippen LogP contribution >= 0.6 is 24.0 Å². The first-order valence-electron chi connectivity index (χ1n) is 7.92. The van der Waals surface area contributed by atoms with E-state index in [0.717, 1.165) is 13.1 Å². The number of aliphatic imine (C=N–C) groups is 1. The van der Waals surface area contributed by atoms with E-state index in [2.05, 4.69) is 19.9 Å². The van der Waals surface area contributed by atoms with Crippen molar-refractivity contribution in [1.82, 2.24) is 4.90 Å². The molecule has 148 valence electrons. The van der Waals surface area contributed by atoms with Crippen LogP contribution in [-0.2, 0) is 4.74 Å². The van der Waals surface area contributed by atoms with Gasteiger partial charge in [0.15, 0.2) is 11.7 Å². The van der Waals surface area contributed by atoms with E-state index < -0.39 is 6.36 Å². The van der Waals surface area contributed by atoms with E-state index in [1.165, 1.54) is 18.2 Å². The van der Waals surface area contributed by atoms with Crippen molar-refractivity contribution < 1.29 is 22.6 Å². The molecule has 0 aromatic heterocycles. The van der Waals surface area contributed by atoms with E-state index in [-0.39, 0.29) is 46.9 Å². The number of alkyl halides is 3. The number of nitrogens with two attached hydrogens (primary N) is 1. The van der Waals surface area contributed by atoms with Gasteiger partial charge in [-0.3, -0.25) is 9.89 Å². The summed E-state index contributed by atoms with van der Waals surface area (Å²) in [4.78, 5) is 6.51. The van der Waals surface area contributed by atoms with E-state index >= 15 is 0 Å². The molecule has 1 saturated heterocycles. The van der Waals surface area contributed by atoms with Gasteiger partial charge in [-0.15, -0.1) is 37.1 Å². The quantitative estimate of drug-likeness (QED) is 0.379. The molecule has 0 aliphatic carbocycles. The predicted molar refractivity (Wildman–Crippen MR) is 105 cm³/mol. The van der Waals surface area contributed by atoms with Crippen molar-refractivity contribution in [2.24, 2.45) is 10.7 Å². The lowest BCUT2D eigenvalue weighted by Crippen LogP contribution is -2.51. The number of rotatable bonds is 5. The minimum Gasteiger partial charge on any atom is -0.404 e. The van der Waals surface area contributed by atoms with Gasteiger partial charge in [0.05, 0.1) is 25.4 Å². The molecule has 1 aliphatic heterocycles. The first-order valence-corrected chi connectivity index (χ1v) is 7.92. The number of para-hydroxylation sites is 2. The standard InChI is InChI=1S/C16H23F3N4O2.HI/c1-15(2,23-7-9-24-10-8-23)11-21-14(20)22-12-5-3-4-6-13(12)25-16(17,18)19;/h3-6H,7-11H2,1-2H3,(H3,20,21,22);1H. The van der Waals surface area contributed by atoms with Crippen LogP contribution in [0.1, 0.15) is 13.8 Å². The van der Waals surface area contributed by atoms with Gasteiger partial charge in [-0.1, -0.05) is 12.1 Å². The van der Waals surface area contributed by atoms with Crippen LogP contribution in [0, 0.1) is 0 Å². The molecule has 0 saturated carbocycles. The molecular formula is C16H24F3IN4O2. The van der Waals surface area contributed by atoms with Crippen molar-refractivity contribution in [2.45, 2.75) is 25.7 Å². The number of nitrogens with zero attached hydrogens (tertiary/aromatic N) is 2. The van der Waals surface area contributed by atoms with Gasteiger partial charge in [0.1, 0.15) is 0 Å². The van der Waals surface area contributed by atoms with Gasteiger partial charge >= 0.3 is 6.36 Å². The third-order valence-corrected chi connectivity index (χ3v) is 3.88. The largest absolute Gasteiger partial charge is 0.573 e. The summed E-state index contributed by atoms with van der Waals surface area (Å²) in [5.74, 6) is -0.333. The Hall–Kier alpha value is -1.27. The SMILES string of the molecule is CC(C)(CN=C(N)Nc1ccccc1OC(F)(F)F)N1CCOCC1.I. The Bertz CT molecular complexity index is 605. The van der Waals surface area contributed by atoms with Gasteiger partial charge in [0.25, 0.3) is 0 Å². The average molecular weight is 488 g/mol. The average Bonchev–Trinajstić information content (AvgIpc) is 2.54. The van der Waals surface area contributed by atoms with Crippen LogP contribution in [0.4, 0.5) is 18.9 Å². The van der Waals surface area contributed by atoms with E-state index in [1.54, 1.807) is 6.07 Å². The highest BCUT2D eigenvalue weighted by molar-refractivity contribution is 14.0. The lowest BCUT2D eigenvalue weighted by atomic mass is 10.0. The van der Waals surface area contributed by atoms with E-state index in [9.17, 15) is 13.2 Å². The first-order chi connectivity index (χ1) is 11.7. The Morgan fingerprint density at radius 2 is 1.88 bits per heavy atom.